The molecule has 1 aromatic rings. The summed E-state index contributed by atoms with van der Waals surface area (Å²) in [6.07, 6.45) is 1.43. The third-order valence-corrected chi connectivity index (χ3v) is 5.94. The van der Waals surface area contributed by atoms with E-state index < -0.39 is 10.0 Å². The van der Waals surface area contributed by atoms with Gasteiger partial charge in [-0.1, -0.05) is 5.16 Å². The van der Waals surface area contributed by atoms with Crippen LogP contribution in [-0.4, -0.2) is 53.9 Å². The van der Waals surface area contributed by atoms with Crippen molar-refractivity contribution < 1.29 is 17.7 Å². The van der Waals surface area contributed by atoms with Gasteiger partial charge >= 0.3 is 0 Å². The SMILES string of the molecule is CCS(=O)(=O)N1C[C@@H](c2nc(C)no2)C[C@@H]2OCC[C@@H]21. The number of hydrogen-bond acceptors (Lipinski definition) is 6. The van der Waals surface area contributed by atoms with Crippen LogP contribution in [0.25, 0.3) is 0 Å². The predicted molar refractivity (Wildman–Crippen MR) is 70.7 cm³/mol. The third kappa shape index (κ3) is 2.36. The zero-order valence-corrected chi connectivity index (χ0v) is 12.5. The molecule has 3 atom stereocenters. The van der Waals surface area contributed by atoms with Gasteiger partial charge in [0.15, 0.2) is 5.82 Å². The summed E-state index contributed by atoms with van der Waals surface area (Å²) in [5, 5.41) is 3.79. The molecule has 0 N–H and O–H groups in total. The molecule has 0 saturated carbocycles. The van der Waals surface area contributed by atoms with Gasteiger partial charge in [-0.3, -0.25) is 0 Å². The molecule has 7 nitrogen and oxygen atoms in total. The van der Waals surface area contributed by atoms with Crippen LogP contribution in [0.1, 0.15) is 37.4 Å². The number of hydrogen-bond donors (Lipinski definition) is 0. The smallest absolute Gasteiger partial charge is 0.231 e. The second-order valence-electron chi connectivity index (χ2n) is 5.35. The number of aryl methyl sites for hydroxylation is 1. The molecule has 20 heavy (non-hydrogen) atoms. The van der Waals surface area contributed by atoms with Crippen LogP contribution in [0.4, 0.5) is 0 Å². The summed E-state index contributed by atoms with van der Waals surface area (Å²) in [6, 6.07) is -0.0415. The van der Waals surface area contributed by atoms with Crippen LogP contribution in [0.3, 0.4) is 0 Å². The molecule has 0 unspecified atom stereocenters. The lowest BCUT2D eigenvalue weighted by atomic mass is 9.92. The molecule has 3 heterocycles. The lowest BCUT2D eigenvalue weighted by Gasteiger charge is -2.38. The Morgan fingerprint density at radius 1 is 1.45 bits per heavy atom. The fourth-order valence-electron chi connectivity index (χ4n) is 3.04. The van der Waals surface area contributed by atoms with Crippen LogP contribution in [0.15, 0.2) is 4.52 Å². The Bertz CT molecular complexity index is 585. The Hall–Kier alpha value is -0.990. The van der Waals surface area contributed by atoms with E-state index in [4.69, 9.17) is 9.26 Å². The van der Waals surface area contributed by atoms with Gasteiger partial charge in [-0.05, 0) is 26.7 Å². The van der Waals surface area contributed by atoms with Gasteiger partial charge in [0.2, 0.25) is 15.9 Å². The van der Waals surface area contributed by atoms with E-state index in [1.54, 1.807) is 18.2 Å². The summed E-state index contributed by atoms with van der Waals surface area (Å²) in [5.74, 6) is 1.09. The van der Waals surface area contributed by atoms with E-state index in [2.05, 4.69) is 10.1 Å². The first kappa shape index (κ1) is 14.0. The topological polar surface area (TPSA) is 85.5 Å². The normalized spacial score (nSPS) is 31.4. The maximum atomic E-state index is 12.3. The molecule has 8 heteroatoms. The summed E-state index contributed by atoms with van der Waals surface area (Å²) in [7, 11) is -3.25. The van der Waals surface area contributed by atoms with E-state index >= 15 is 0 Å². The molecule has 1 aromatic heterocycles. The lowest BCUT2D eigenvalue weighted by Crippen LogP contribution is -2.51. The fourth-order valence-corrected chi connectivity index (χ4v) is 4.44. The summed E-state index contributed by atoms with van der Waals surface area (Å²) < 4.78 is 37.0. The highest BCUT2D eigenvalue weighted by Crippen LogP contribution is 2.37. The minimum absolute atomic E-state index is 0.0415. The van der Waals surface area contributed by atoms with Crippen LogP contribution in [0.2, 0.25) is 0 Å². The van der Waals surface area contributed by atoms with Crippen LogP contribution in [-0.2, 0) is 14.8 Å². The molecule has 0 bridgehead atoms. The minimum atomic E-state index is -3.25. The number of sulfonamides is 1. The molecule has 0 aliphatic carbocycles. The van der Waals surface area contributed by atoms with Gasteiger partial charge < -0.3 is 9.26 Å². The third-order valence-electron chi connectivity index (χ3n) is 4.08. The van der Waals surface area contributed by atoms with E-state index in [-0.39, 0.29) is 23.8 Å². The van der Waals surface area contributed by atoms with Crippen molar-refractivity contribution in [1.82, 2.24) is 14.4 Å². The van der Waals surface area contributed by atoms with Crippen molar-refractivity contribution in [3.05, 3.63) is 11.7 Å². The largest absolute Gasteiger partial charge is 0.376 e. The molecule has 112 valence electrons. The zero-order chi connectivity index (χ0) is 14.3. The Morgan fingerprint density at radius 2 is 2.25 bits per heavy atom. The van der Waals surface area contributed by atoms with Gasteiger partial charge in [0, 0.05) is 13.2 Å². The van der Waals surface area contributed by atoms with Crippen molar-refractivity contribution in [3.63, 3.8) is 0 Å². The maximum absolute atomic E-state index is 12.3. The zero-order valence-electron chi connectivity index (χ0n) is 11.7. The molecule has 0 aromatic carbocycles. The van der Waals surface area contributed by atoms with Gasteiger partial charge in [-0.2, -0.15) is 9.29 Å². The number of aromatic nitrogens is 2. The first-order valence-corrected chi connectivity index (χ1v) is 8.53. The van der Waals surface area contributed by atoms with Crippen molar-refractivity contribution in [3.8, 4) is 0 Å². The number of ether oxygens (including phenoxy) is 1. The Balaban J connectivity index is 1.89. The second-order valence-corrected chi connectivity index (χ2v) is 7.56. The monoisotopic (exact) mass is 301 g/mol. The van der Waals surface area contributed by atoms with Gasteiger partial charge in [0.1, 0.15) is 0 Å². The quantitative estimate of drug-likeness (QED) is 0.816. The molecular weight excluding hydrogens is 282 g/mol. The Morgan fingerprint density at radius 3 is 2.90 bits per heavy atom. The number of fused-ring (bicyclic) bond motifs is 1. The van der Waals surface area contributed by atoms with E-state index in [0.29, 0.717) is 24.9 Å². The molecule has 3 rings (SSSR count). The summed E-state index contributed by atoms with van der Waals surface area (Å²) in [5.41, 5.74) is 0. The van der Waals surface area contributed by atoms with Gasteiger partial charge in [0.25, 0.3) is 0 Å². The van der Waals surface area contributed by atoms with E-state index in [0.717, 1.165) is 12.8 Å². The summed E-state index contributed by atoms with van der Waals surface area (Å²) in [4.78, 5) is 4.24. The number of rotatable bonds is 3. The predicted octanol–water partition coefficient (Wildman–Crippen LogP) is 0.675. The first-order chi connectivity index (χ1) is 9.51. The van der Waals surface area contributed by atoms with Crippen molar-refractivity contribution in [2.24, 2.45) is 0 Å². The summed E-state index contributed by atoms with van der Waals surface area (Å²) in [6.45, 7) is 4.44. The van der Waals surface area contributed by atoms with Crippen molar-refractivity contribution in [2.45, 2.75) is 44.8 Å². The van der Waals surface area contributed by atoms with Crippen molar-refractivity contribution in [2.75, 3.05) is 18.9 Å². The summed E-state index contributed by atoms with van der Waals surface area (Å²) >= 11 is 0. The van der Waals surface area contributed by atoms with Crippen LogP contribution in [0.5, 0.6) is 0 Å². The van der Waals surface area contributed by atoms with Gasteiger partial charge in [-0.15, -0.1) is 0 Å². The highest BCUT2D eigenvalue weighted by molar-refractivity contribution is 7.89. The average Bonchev–Trinajstić information content (AvgIpc) is 3.05. The van der Waals surface area contributed by atoms with E-state index in [1.807, 2.05) is 0 Å². The van der Waals surface area contributed by atoms with E-state index in [1.165, 1.54) is 0 Å². The lowest BCUT2D eigenvalue weighted by molar-refractivity contribution is 0.0418. The van der Waals surface area contributed by atoms with Gasteiger partial charge in [0.05, 0.1) is 23.8 Å². The average molecular weight is 301 g/mol. The Kier molecular flexibility index (Phi) is 3.55. The standard InChI is InChI=1S/C12H19N3O4S/c1-3-20(16,17)15-7-9(12-13-8(2)14-19-12)6-11-10(15)4-5-18-11/h9-11H,3-7H2,1-2H3/t9-,10-,11-/m0/s1. The minimum Gasteiger partial charge on any atom is -0.376 e. The maximum Gasteiger partial charge on any atom is 0.231 e. The van der Waals surface area contributed by atoms with Gasteiger partial charge in [-0.25, -0.2) is 8.42 Å². The van der Waals surface area contributed by atoms with Crippen molar-refractivity contribution in [1.29, 1.82) is 0 Å². The van der Waals surface area contributed by atoms with Crippen molar-refractivity contribution >= 4 is 10.0 Å². The first-order valence-electron chi connectivity index (χ1n) is 6.92. The number of piperidine rings is 1. The highest BCUT2D eigenvalue weighted by atomic mass is 32.2. The molecule has 2 aliphatic rings. The molecule has 0 spiro atoms. The Labute approximate surface area is 118 Å². The molecular formula is C12H19N3O4S. The number of nitrogens with zero attached hydrogens (tertiary/aromatic N) is 3. The highest BCUT2D eigenvalue weighted by Gasteiger charge is 2.46. The second kappa shape index (κ2) is 5.09. The van der Waals surface area contributed by atoms with Crippen LogP contribution >= 0.6 is 0 Å². The molecule has 0 radical (unpaired) electrons. The molecule has 2 saturated heterocycles. The van der Waals surface area contributed by atoms with Crippen LogP contribution < -0.4 is 0 Å². The molecule has 2 aliphatic heterocycles. The molecule has 0 amide bonds. The van der Waals surface area contributed by atoms with Crippen LogP contribution in [0, 0.1) is 6.92 Å². The van der Waals surface area contributed by atoms with E-state index in [9.17, 15) is 8.42 Å². The fraction of sp³-hybridized carbons (Fsp3) is 0.833. The molecule has 2 fully saturated rings.